The molecule has 1 aromatic rings. The van der Waals surface area contributed by atoms with Gasteiger partial charge in [-0.3, -0.25) is 0 Å². The third-order valence-electron chi connectivity index (χ3n) is 4.24. The van der Waals surface area contributed by atoms with Crippen LogP contribution in [-0.4, -0.2) is 9.97 Å². The molecule has 0 bridgehead atoms. The predicted octanol–water partition coefficient (Wildman–Crippen LogP) is 4.25. The quantitative estimate of drug-likeness (QED) is 0.792. The number of H-pyrrole nitrogens is 1. The van der Waals surface area contributed by atoms with Gasteiger partial charge in [-0.2, -0.15) is 0 Å². The molecule has 1 heterocycles. The molecule has 0 aliphatic carbocycles. The van der Waals surface area contributed by atoms with Crippen LogP contribution < -0.4 is 0 Å². The molecule has 1 aromatic heterocycles. The topological polar surface area (TPSA) is 28.7 Å². The fraction of sp³-hybridized carbons (Fsp3) is 0.786. The molecule has 0 aliphatic rings. The summed E-state index contributed by atoms with van der Waals surface area (Å²) in [6.07, 6.45) is 4.34. The molecule has 0 fully saturated rings. The molecule has 1 atom stereocenters. The van der Waals surface area contributed by atoms with E-state index in [0.717, 1.165) is 18.7 Å². The third-order valence-corrected chi connectivity index (χ3v) is 4.24. The van der Waals surface area contributed by atoms with Gasteiger partial charge in [0.05, 0.1) is 0 Å². The van der Waals surface area contributed by atoms with Gasteiger partial charge < -0.3 is 4.98 Å². The monoisotopic (exact) mass is 222 g/mol. The normalized spacial score (nSPS) is 14.4. The highest BCUT2D eigenvalue weighted by Gasteiger charge is 2.25. The highest BCUT2D eigenvalue weighted by molar-refractivity contribution is 5.15. The van der Waals surface area contributed by atoms with Gasteiger partial charge in [-0.25, -0.2) is 4.98 Å². The highest BCUT2D eigenvalue weighted by atomic mass is 14.9. The van der Waals surface area contributed by atoms with E-state index in [9.17, 15) is 0 Å². The third kappa shape index (κ3) is 2.47. The summed E-state index contributed by atoms with van der Waals surface area (Å²) >= 11 is 0. The largest absolute Gasteiger partial charge is 0.345 e. The van der Waals surface area contributed by atoms with Gasteiger partial charge in [-0.15, -0.1) is 0 Å². The van der Waals surface area contributed by atoms with Crippen LogP contribution in [0.2, 0.25) is 0 Å². The van der Waals surface area contributed by atoms with E-state index in [1.807, 2.05) is 6.20 Å². The molecule has 0 amide bonds. The SMILES string of the molecule is CCC(C)(CC)c1cnc(C(C)C(C)C)[nH]1. The Balaban J connectivity index is 2.94. The Morgan fingerprint density at radius 1 is 1.25 bits per heavy atom. The maximum Gasteiger partial charge on any atom is 0.109 e. The summed E-state index contributed by atoms with van der Waals surface area (Å²) in [5.74, 6) is 2.28. The van der Waals surface area contributed by atoms with Crippen molar-refractivity contribution in [2.24, 2.45) is 5.92 Å². The van der Waals surface area contributed by atoms with E-state index in [1.165, 1.54) is 5.69 Å². The number of nitrogens with one attached hydrogen (secondary N) is 1. The smallest absolute Gasteiger partial charge is 0.109 e. The molecule has 1 N–H and O–H groups in total. The Morgan fingerprint density at radius 3 is 2.25 bits per heavy atom. The Hall–Kier alpha value is -0.790. The number of hydrogen-bond donors (Lipinski definition) is 1. The zero-order valence-corrected chi connectivity index (χ0v) is 11.6. The van der Waals surface area contributed by atoms with Gasteiger partial charge in [-0.1, -0.05) is 41.5 Å². The van der Waals surface area contributed by atoms with Crippen molar-refractivity contribution in [3.63, 3.8) is 0 Å². The molecule has 0 aliphatic heterocycles. The maximum absolute atomic E-state index is 4.54. The number of aromatic nitrogens is 2. The fourth-order valence-corrected chi connectivity index (χ4v) is 1.82. The number of rotatable bonds is 5. The van der Waals surface area contributed by atoms with E-state index in [-0.39, 0.29) is 5.41 Å². The van der Waals surface area contributed by atoms with Crippen molar-refractivity contribution in [3.05, 3.63) is 17.7 Å². The molecular weight excluding hydrogens is 196 g/mol. The molecule has 92 valence electrons. The Bertz CT molecular complexity index is 321. The second-order valence-corrected chi connectivity index (χ2v) is 5.48. The second-order valence-electron chi connectivity index (χ2n) is 5.48. The lowest BCUT2D eigenvalue weighted by Gasteiger charge is -2.25. The lowest BCUT2D eigenvalue weighted by molar-refractivity contribution is 0.425. The van der Waals surface area contributed by atoms with Gasteiger partial charge in [0.25, 0.3) is 0 Å². The minimum atomic E-state index is 0.252. The predicted molar refractivity (Wildman–Crippen MR) is 69.8 cm³/mol. The van der Waals surface area contributed by atoms with Crippen molar-refractivity contribution < 1.29 is 0 Å². The lowest BCUT2D eigenvalue weighted by Crippen LogP contribution is -2.20. The summed E-state index contributed by atoms with van der Waals surface area (Å²) in [7, 11) is 0. The van der Waals surface area contributed by atoms with E-state index < -0.39 is 0 Å². The summed E-state index contributed by atoms with van der Waals surface area (Å²) in [5.41, 5.74) is 1.54. The summed E-state index contributed by atoms with van der Waals surface area (Å²) in [6, 6.07) is 0. The zero-order chi connectivity index (χ0) is 12.3. The number of nitrogens with zero attached hydrogens (tertiary/aromatic N) is 1. The van der Waals surface area contributed by atoms with Gasteiger partial charge in [0.2, 0.25) is 0 Å². The first kappa shape index (κ1) is 13.3. The first-order valence-corrected chi connectivity index (χ1v) is 6.50. The molecule has 0 spiro atoms. The first-order valence-electron chi connectivity index (χ1n) is 6.50. The number of aromatic amines is 1. The minimum Gasteiger partial charge on any atom is -0.345 e. The Kier molecular flexibility index (Phi) is 4.17. The molecule has 0 radical (unpaired) electrons. The minimum absolute atomic E-state index is 0.252. The molecule has 1 unspecified atom stereocenters. The average Bonchev–Trinajstić information content (AvgIpc) is 2.76. The molecule has 2 nitrogen and oxygen atoms in total. The summed E-state index contributed by atoms with van der Waals surface area (Å²) in [6.45, 7) is 13.5. The van der Waals surface area contributed by atoms with Crippen molar-refractivity contribution in [1.29, 1.82) is 0 Å². The second kappa shape index (κ2) is 5.03. The van der Waals surface area contributed by atoms with Gasteiger partial charge in [0, 0.05) is 23.2 Å². The maximum atomic E-state index is 4.54. The van der Waals surface area contributed by atoms with Gasteiger partial charge in [0.1, 0.15) is 5.82 Å². The van der Waals surface area contributed by atoms with Gasteiger partial charge in [0.15, 0.2) is 0 Å². The van der Waals surface area contributed by atoms with Crippen LogP contribution in [0.5, 0.6) is 0 Å². The van der Waals surface area contributed by atoms with Crippen LogP contribution in [0, 0.1) is 5.92 Å². The molecule has 1 rings (SSSR count). The summed E-state index contributed by atoms with van der Waals surface area (Å²) < 4.78 is 0. The Morgan fingerprint density at radius 2 is 1.81 bits per heavy atom. The van der Waals surface area contributed by atoms with Crippen molar-refractivity contribution >= 4 is 0 Å². The van der Waals surface area contributed by atoms with E-state index in [0.29, 0.717) is 11.8 Å². The molecule has 0 saturated heterocycles. The highest BCUT2D eigenvalue weighted by Crippen LogP contribution is 2.31. The van der Waals surface area contributed by atoms with Crippen LogP contribution in [-0.2, 0) is 5.41 Å². The fourth-order valence-electron chi connectivity index (χ4n) is 1.82. The van der Waals surface area contributed by atoms with Crippen LogP contribution in [0.3, 0.4) is 0 Å². The van der Waals surface area contributed by atoms with Crippen molar-refractivity contribution in [1.82, 2.24) is 9.97 Å². The van der Waals surface area contributed by atoms with Crippen molar-refractivity contribution in [2.45, 2.75) is 65.7 Å². The zero-order valence-electron chi connectivity index (χ0n) is 11.6. The van der Waals surface area contributed by atoms with Crippen LogP contribution in [0.4, 0.5) is 0 Å². The average molecular weight is 222 g/mol. The van der Waals surface area contributed by atoms with Crippen molar-refractivity contribution in [2.75, 3.05) is 0 Å². The van der Waals surface area contributed by atoms with Crippen LogP contribution in [0.15, 0.2) is 6.20 Å². The molecule has 0 saturated carbocycles. The first-order chi connectivity index (χ1) is 7.44. The van der Waals surface area contributed by atoms with Crippen LogP contribution in [0.1, 0.15) is 71.8 Å². The van der Waals surface area contributed by atoms with Crippen LogP contribution in [0.25, 0.3) is 0 Å². The van der Waals surface area contributed by atoms with E-state index >= 15 is 0 Å². The molecule has 16 heavy (non-hydrogen) atoms. The van der Waals surface area contributed by atoms with Crippen molar-refractivity contribution in [3.8, 4) is 0 Å². The van der Waals surface area contributed by atoms with E-state index in [4.69, 9.17) is 0 Å². The van der Waals surface area contributed by atoms with E-state index in [2.05, 4.69) is 51.5 Å². The Labute approximate surface area is 99.9 Å². The molecule has 2 heteroatoms. The molecule has 0 aromatic carbocycles. The standard InChI is InChI=1S/C14H26N2/c1-7-14(6,8-2)12-9-15-13(16-12)11(5)10(3)4/h9-11H,7-8H2,1-6H3,(H,15,16). The number of imidazole rings is 1. The van der Waals surface area contributed by atoms with Crippen LogP contribution >= 0.6 is 0 Å². The summed E-state index contributed by atoms with van der Waals surface area (Å²) in [5, 5.41) is 0. The van der Waals surface area contributed by atoms with Gasteiger partial charge >= 0.3 is 0 Å². The number of hydrogen-bond acceptors (Lipinski definition) is 1. The molecular formula is C14H26N2. The van der Waals surface area contributed by atoms with E-state index in [1.54, 1.807) is 0 Å². The summed E-state index contributed by atoms with van der Waals surface area (Å²) in [4.78, 5) is 8.07. The van der Waals surface area contributed by atoms with Gasteiger partial charge in [-0.05, 0) is 18.8 Å². The lowest BCUT2D eigenvalue weighted by atomic mass is 9.82.